The molecule has 2 rings (SSSR count). The summed E-state index contributed by atoms with van der Waals surface area (Å²) in [6, 6.07) is 7.29. The SMILES string of the molecule is CCCc1nnc(SCC(=O)c2ccc(Br)cc2)n1N. The Morgan fingerprint density at radius 1 is 1.35 bits per heavy atom. The van der Waals surface area contributed by atoms with Crippen molar-refractivity contribution in [3.05, 3.63) is 40.1 Å². The number of nitrogens with zero attached hydrogens (tertiary/aromatic N) is 3. The van der Waals surface area contributed by atoms with Crippen LogP contribution < -0.4 is 5.84 Å². The van der Waals surface area contributed by atoms with Crippen LogP contribution in [0, 0.1) is 0 Å². The van der Waals surface area contributed by atoms with E-state index in [2.05, 4.69) is 33.1 Å². The molecule has 0 aliphatic carbocycles. The van der Waals surface area contributed by atoms with E-state index in [1.807, 2.05) is 12.1 Å². The highest BCUT2D eigenvalue weighted by atomic mass is 79.9. The van der Waals surface area contributed by atoms with E-state index in [1.54, 1.807) is 12.1 Å². The average molecular weight is 355 g/mol. The zero-order valence-corrected chi connectivity index (χ0v) is 13.4. The van der Waals surface area contributed by atoms with Gasteiger partial charge in [-0.25, -0.2) is 4.68 Å². The van der Waals surface area contributed by atoms with Crippen LogP contribution in [0.1, 0.15) is 29.5 Å². The summed E-state index contributed by atoms with van der Waals surface area (Å²) < 4.78 is 2.41. The number of thioether (sulfide) groups is 1. The maximum Gasteiger partial charge on any atom is 0.210 e. The van der Waals surface area contributed by atoms with E-state index < -0.39 is 0 Å². The molecule has 0 saturated carbocycles. The minimum absolute atomic E-state index is 0.0440. The van der Waals surface area contributed by atoms with Gasteiger partial charge in [0.25, 0.3) is 0 Å². The van der Waals surface area contributed by atoms with E-state index in [9.17, 15) is 4.79 Å². The Labute approximate surface area is 130 Å². The highest BCUT2D eigenvalue weighted by Gasteiger charge is 2.12. The molecular formula is C13H15BrN4OS. The van der Waals surface area contributed by atoms with Gasteiger partial charge in [0.2, 0.25) is 5.16 Å². The fourth-order valence-electron chi connectivity index (χ4n) is 1.65. The van der Waals surface area contributed by atoms with E-state index in [0.29, 0.717) is 16.5 Å². The lowest BCUT2D eigenvalue weighted by atomic mass is 10.2. The Kier molecular flexibility index (Phi) is 5.19. The van der Waals surface area contributed by atoms with Crippen molar-refractivity contribution in [2.75, 3.05) is 11.6 Å². The highest BCUT2D eigenvalue weighted by Crippen LogP contribution is 2.18. The standard InChI is InChI=1S/C13H15BrN4OS/c1-2-3-12-16-17-13(18(12)15)20-8-11(19)9-4-6-10(14)7-5-9/h4-7H,2-3,8,15H2,1H3. The molecule has 0 aliphatic heterocycles. The summed E-state index contributed by atoms with van der Waals surface area (Å²) in [6.45, 7) is 2.05. The maximum absolute atomic E-state index is 12.0. The minimum Gasteiger partial charge on any atom is -0.336 e. The van der Waals surface area contributed by atoms with Gasteiger partial charge in [0, 0.05) is 16.5 Å². The predicted octanol–water partition coefficient (Wildman–Crippen LogP) is 2.68. The number of hydrogen-bond donors (Lipinski definition) is 1. The summed E-state index contributed by atoms with van der Waals surface area (Å²) in [5.74, 6) is 6.97. The third-order valence-corrected chi connectivity index (χ3v) is 4.18. The molecule has 0 fully saturated rings. The molecule has 0 saturated heterocycles. The molecule has 106 valence electrons. The lowest BCUT2D eigenvalue weighted by molar-refractivity contribution is 0.102. The summed E-state index contributed by atoms with van der Waals surface area (Å²) in [6.07, 6.45) is 1.74. The Hall–Kier alpha value is -1.34. The van der Waals surface area contributed by atoms with Crippen LogP contribution in [-0.4, -0.2) is 26.4 Å². The molecule has 1 heterocycles. The monoisotopic (exact) mass is 354 g/mol. The van der Waals surface area contributed by atoms with Crippen molar-refractivity contribution in [3.63, 3.8) is 0 Å². The zero-order valence-electron chi connectivity index (χ0n) is 11.0. The third-order valence-electron chi connectivity index (χ3n) is 2.71. The first-order valence-corrected chi connectivity index (χ1v) is 8.00. The van der Waals surface area contributed by atoms with Crippen LogP contribution in [-0.2, 0) is 6.42 Å². The Morgan fingerprint density at radius 3 is 2.70 bits per heavy atom. The normalized spacial score (nSPS) is 10.7. The molecule has 0 radical (unpaired) electrons. The molecular weight excluding hydrogens is 340 g/mol. The molecule has 0 bridgehead atoms. The fourth-order valence-corrected chi connectivity index (χ4v) is 2.68. The summed E-state index contributed by atoms with van der Waals surface area (Å²) in [7, 11) is 0. The van der Waals surface area contributed by atoms with Gasteiger partial charge in [0.1, 0.15) is 0 Å². The first-order chi connectivity index (χ1) is 9.61. The Balaban J connectivity index is 1.98. The lowest BCUT2D eigenvalue weighted by Crippen LogP contribution is -2.14. The van der Waals surface area contributed by atoms with Crippen LogP contribution in [0.15, 0.2) is 33.9 Å². The minimum atomic E-state index is 0.0440. The Bertz CT molecular complexity index is 597. The van der Waals surface area contributed by atoms with E-state index >= 15 is 0 Å². The smallest absolute Gasteiger partial charge is 0.210 e. The number of ketones is 1. The second kappa shape index (κ2) is 6.90. The number of aromatic nitrogens is 3. The number of carbonyl (C=O) groups is 1. The van der Waals surface area contributed by atoms with E-state index in [0.717, 1.165) is 23.1 Å². The van der Waals surface area contributed by atoms with Crippen LogP contribution in [0.2, 0.25) is 0 Å². The number of aryl methyl sites for hydroxylation is 1. The van der Waals surface area contributed by atoms with E-state index in [-0.39, 0.29) is 5.78 Å². The third kappa shape index (κ3) is 3.61. The number of Topliss-reactive ketones (excluding diaryl/α,β-unsaturated/α-hetero) is 1. The van der Waals surface area contributed by atoms with Gasteiger partial charge in [-0.2, -0.15) is 0 Å². The number of rotatable bonds is 6. The zero-order chi connectivity index (χ0) is 14.5. The number of nitrogen functional groups attached to an aromatic ring is 1. The average Bonchev–Trinajstić information content (AvgIpc) is 2.79. The molecule has 2 aromatic rings. The molecule has 5 nitrogen and oxygen atoms in total. The first kappa shape index (κ1) is 15.1. The van der Waals surface area contributed by atoms with Crippen molar-refractivity contribution in [1.82, 2.24) is 14.9 Å². The van der Waals surface area contributed by atoms with E-state index in [1.165, 1.54) is 16.4 Å². The summed E-state index contributed by atoms with van der Waals surface area (Å²) in [4.78, 5) is 12.0. The molecule has 1 aromatic heterocycles. The summed E-state index contributed by atoms with van der Waals surface area (Å²) in [5, 5.41) is 8.59. The molecule has 0 atom stereocenters. The van der Waals surface area contributed by atoms with Crippen molar-refractivity contribution in [2.24, 2.45) is 0 Å². The number of nitrogens with two attached hydrogens (primary N) is 1. The highest BCUT2D eigenvalue weighted by molar-refractivity contribution is 9.10. The fraction of sp³-hybridized carbons (Fsp3) is 0.308. The Morgan fingerprint density at radius 2 is 2.05 bits per heavy atom. The summed E-state index contributed by atoms with van der Waals surface area (Å²) in [5.41, 5.74) is 0.678. The van der Waals surface area contributed by atoms with Crippen LogP contribution >= 0.6 is 27.7 Å². The van der Waals surface area contributed by atoms with Crippen molar-refractivity contribution in [1.29, 1.82) is 0 Å². The molecule has 1 aromatic carbocycles. The van der Waals surface area contributed by atoms with Gasteiger partial charge in [-0.15, -0.1) is 10.2 Å². The van der Waals surface area contributed by atoms with Gasteiger partial charge < -0.3 is 5.84 Å². The number of hydrogen-bond acceptors (Lipinski definition) is 5. The molecule has 2 N–H and O–H groups in total. The molecule has 0 unspecified atom stereocenters. The number of halogens is 1. The van der Waals surface area contributed by atoms with Crippen LogP contribution in [0.4, 0.5) is 0 Å². The van der Waals surface area contributed by atoms with E-state index in [4.69, 9.17) is 5.84 Å². The topological polar surface area (TPSA) is 73.8 Å². The first-order valence-electron chi connectivity index (χ1n) is 6.22. The van der Waals surface area contributed by atoms with Gasteiger partial charge >= 0.3 is 0 Å². The van der Waals surface area contributed by atoms with Gasteiger partial charge in [-0.05, 0) is 18.6 Å². The van der Waals surface area contributed by atoms with Gasteiger partial charge in [0.05, 0.1) is 5.75 Å². The van der Waals surface area contributed by atoms with Gasteiger partial charge in [-0.3, -0.25) is 4.79 Å². The largest absolute Gasteiger partial charge is 0.336 e. The number of carbonyl (C=O) groups excluding carboxylic acids is 1. The van der Waals surface area contributed by atoms with Crippen LogP contribution in [0.25, 0.3) is 0 Å². The van der Waals surface area contributed by atoms with Crippen molar-refractivity contribution < 1.29 is 4.79 Å². The van der Waals surface area contributed by atoms with Crippen LogP contribution in [0.5, 0.6) is 0 Å². The molecule has 0 spiro atoms. The van der Waals surface area contributed by atoms with Gasteiger partial charge in [-0.1, -0.05) is 46.7 Å². The van der Waals surface area contributed by atoms with Crippen LogP contribution in [0.3, 0.4) is 0 Å². The molecule has 20 heavy (non-hydrogen) atoms. The number of benzene rings is 1. The maximum atomic E-state index is 12.0. The van der Waals surface area contributed by atoms with Crippen molar-refractivity contribution >= 4 is 33.5 Å². The molecule has 0 amide bonds. The summed E-state index contributed by atoms with van der Waals surface area (Å²) >= 11 is 4.65. The molecule has 0 aliphatic rings. The predicted molar refractivity (Wildman–Crippen MR) is 83.4 cm³/mol. The second-order valence-electron chi connectivity index (χ2n) is 4.24. The quantitative estimate of drug-likeness (QED) is 0.490. The lowest BCUT2D eigenvalue weighted by Gasteiger charge is -2.03. The van der Waals surface area contributed by atoms with Crippen molar-refractivity contribution in [2.45, 2.75) is 24.9 Å². The molecule has 7 heteroatoms. The van der Waals surface area contributed by atoms with Gasteiger partial charge in [0.15, 0.2) is 11.6 Å². The van der Waals surface area contributed by atoms with Crippen molar-refractivity contribution in [3.8, 4) is 0 Å². The second-order valence-corrected chi connectivity index (χ2v) is 6.10.